The molecule has 0 aliphatic rings. The Bertz CT molecular complexity index is 501. The number of H-pyrrole nitrogens is 1. The van der Waals surface area contributed by atoms with E-state index in [1.54, 1.807) is 18.6 Å². The Morgan fingerprint density at radius 1 is 1.50 bits per heavy atom. The van der Waals surface area contributed by atoms with Crippen LogP contribution in [0.3, 0.4) is 0 Å². The largest absolute Gasteiger partial charge is 0.478 e. The average Bonchev–Trinajstić information content (AvgIpc) is 2.61. The number of hydrogen-bond donors (Lipinski definition) is 2. The van der Waals surface area contributed by atoms with Gasteiger partial charge in [0.05, 0.1) is 6.33 Å². The molecule has 5 nitrogen and oxygen atoms in total. The van der Waals surface area contributed by atoms with E-state index < -0.39 is 5.97 Å². The van der Waals surface area contributed by atoms with E-state index in [4.69, 9.17) is 5.11 Å². The highest BCUT2D eigenvalue weighted by molar-refractivity contribution is 5.86. The monoisotopic (exact) mass is 189 g/mol. The van der Waals surface area contributed by atoms with Gasteiger partial charge < -0.3 is 10.1 Å². The smallest absolute Gasteiger partial charge is 0.328 e. The Labute approximate surface area is 79.1 Å². The zero-order valence-corrected chi connectivity index (χ0v) is 7.14. The van der Waals surface area contributed by atoms with Gasteiger partial charge in [0.2, 0.25) is 0 Å². The van der Waals surface area contributed by atoms with E-state index in [1.807, 2.05) is 0 Å². The summed E-state index contributed by atoms with van der Waals surface area (Å²) < 4.78 is 0. The minimum atomic E-state index is -0.980. The number of aliphatic carboxylic acids is 1. The van der Waals surface area contributed by atoms with E-state index in [0.29, 0.717) is 11.2 Å². The van der Waals surface area contributed by atoms with Crippen LogP contribution in [0.15, 0.2) is 24.7 Å². The molecule has 14 heavy (non-hydrogen) atoms. The van der Waals surface area contributed by atoms with E-state index in [9.17, 15) is 4.79 Å². The molecule has 2 heterocycles. The molecule has 0 saturated carbocycles. The first-order chi connectivity index (χ1) is 6.75. The van der Waals surface area contributed by atoms with E-state index in [0.717, 1.165) is 11.6 Å². The number of aromatic nitrogens is 3. The maximum Gasteiger partial charge on any atom is 0.328 e. The van der Waals surface area contributed by atoms with E-state index in [-0.39, 0.29) is 0 Å². The summed E-state index contributed by atoms with van der Waals surface area (Å²) >= 11 is 0. The lowest BCUT2D eigenvalue weighted by Gasteiger charge is -1.91. The molecule has 2 aromatic rings. The predicted octanol–water partition coefficient (Wildman–Crippen LogP) is 1.06. The van der Waals surface area contributed by atoms with E-state index in [2.05, 4.69) is 15.0 Å². The van der Waals surface area contributed by atoms with E-state index in [1.165, 1.54) is 6.08 Å². The normalized spacial score (nSPS) is 11.1. The van der Waals surface area contributed by atoms with Crippen LogP contribution in [-0.4, -0.2) is 26.0 Å². The van der Waals surface area contributed by atoms with Gasteiger partial charge in [0.15, 0.2) is 5.65 Å². The molecule has 0 radical (unpaired) electrons. The Balaban J connectivity index is 2.39. The van der Waals surface area contributed by atoms with Gasteiger partial charge in [0.25, 0.3) is 0 Å². The third kappa shape index (κ3) is 1.61. The summed E-state index contributed by atoms with van der Waals surface area (Å²) in [5, 5.41) is 8.42. The number of imidazole rings is 1. The molecule has 0 aliphatic heterocycles. The van der Waals surface area contributed by atoms with Crippen molar-refractivity contribution >= 4 is 23.2 Å². The van der Waals surface area contributed by atoms with Crippen LogP contribution in [0.2, 0.25) is 0 Å². The average molecular weight is 189 g/mol. The molecular formula is C9H7N3O2. The predicted molar refractivity (Wildman–Crippen MR) is 50.6 cm³/mol. The highest BCUT2D eigenvalue weighted by Gasteiger charge is 1.97. The second-order valence-electron chi connectivity index (χ2n) is 2.71. The summed E-state index contributed by atoms with van der Waals surface area (Å²) in [5.74, 6) is -0.980. The van der Waals surface area contributed by atoms with E-state index >= 15 is 0 Å². The van der Waals surface area contributed by atoms with Crippen LogP contribution in [0.25, 0.3) is 17.2 Å². The van der Waals surface area contributed by atoms with Gasteiger partial charge in [0, 0.05) is 12.3 Å². The lowest BCUT2D eigenvalue weighted by molar-refractivity contribution is -0.131. The molecule has 70 valence electrons. The van der Waals surface area contributed by atoms with Crippen molar-refractivity contribution in [2.75, 3.05) is 0 Å². The van der Waals surface area contributed by atoms with Gasteiger partial charge >= 0.3 is 5.97 Å². The van der Waals surface area contributed by atoms with Crippen LogP contribution in [0.4, 0.5) is 0 Å². The van der Waals surface area contributed by atoms with Crippen LogP contribution >= 0.6 is 0 Å². The number of aromatic amines is 1. The van der Waals surface area contributed by atoms with Crippen LogP contribution in [0.1, 0.15) is 5.56 Å². The van der Waals surface area contributed by atoms with Crippen molar-refractivity contribution in [2.24, 2.45) is 0 Å². The van der Waals surface area contributed by atoms with Crippen LogP contribution < -0.4 is 0 Å². The molecule has 0 saturated heterocycles. The van der Waals surface area contributed by atoms with Crippen molar-refractivity contribution in [1.29, 1.82) is 0 Å². The molecule has 0 bridgehead atoms. The zero-order chi connectivity index (χ0) is 9.97. The van der Waals surface area contributed by atoms with Crippen molar-refractivity contribution in [3.63, 3.8) is 0 Å². The van der Waals surface area contributed by atoms with Crippen LogP contribution in [0, 0.1) is 0 Å². The van der Waals surface area contributed by atoms with Gasteiger partial charge in [0.1, 0.15) is 5.52 Å². The van der Waals surface area contributed by atoms with Gasteiger partial charge in [-0.25, -0.2) is 14.8 Å². The second kappa shape index (κ2) is 3.29. The van der Waals surface area contributed by atoms with Crippen LogP contribution in [-0.2, 0) is 4.79 Å². The van der Waals surface area contributed by atoms with Crippen molar-refractivity contribution in [3.8, 4) is 0 Å². The van der Waals surface area contributed by atoms with Gasteiger partial charge in [-0.15, -0.1) is 0 Å². The SMILES string of the molecule is O=C(O)/C=C/c1cnc2[nH]cnc2c1. The molecule has 5 heteroatoms. The topological polar surface area (TPSA) is 78.9 Å². The summed E-state index contributed by atoms with van der Waals surface area (Å²) in [6.45, 7) is 0. The van der Waals surface area contributed by atoms with Crippen molar-refractivity contribution in [3.05, 3.63) is 30.2 Å². The number of nitrogens with one attached hydrogen (secondary N) is 1. The molecule has 0 fully saturated rings. The van der Waals surface area contributed by atoms with Crippen LogP contribution in [0.5, 0.6) is 0 Å². The van der Waals surface area contributed by atoms with Crippen molar-refractivity contribution < 1.29 is 9.90 Å². The van der Waals surface area contributed by atoms with Gasteiger partial charge in [-0.3, -0.25) is 0 Å². The molecule has 0 amide bonds. The Morgan fingerprint density at radius 2 is 2.36 bits per heavy atom. The summed E-state index contributed by atoms with van der Waals surface area (Å²) in [6, 6.07) is 1.76. The standard InChI is InChI=1S/C9H7N3O2/c13-8(14)2-1-6-3-7-9(10-4-6)12-5-11-7/h1-5H,(H,13,14)(H,10,11,12)/b2-1+. The number of carboxylic acids is 1. The number of carbonyl (C=O) groups is 1. The summed E-state index contributed by atoms with van der Waals surface area (Å²) in [4.78, 5) is 21.2. The third-order valence-corrected chi connectivity index (χ3v) is 1.71. The first kappa shape index (κ1) is 8.43. The number of carboxylic acid groups (broad SMARTS) is 1. The lowest BCUT2D eigenvalue weighted by atomic mass is 10.2. The Kier molecular flexibility index (Phi) is 1.98. The fraction of sp³-hybridized carbons (Fsp3) is 0. The summed E-state index contributed by atoms with van der Waals surface area (Å²) in [7, 11) is 0. The Hall–Kier alpha value is -2.17. The fourth-order valence-corrected chi connectivity index (χ4v) is 1.10. The maximum absolute atomic E-state index is 10.3. The molecule has 2 aromatic heterocycles. The molecule has 0 spiro atoms. The summed E-state index contributed by atoms with van der Waals surface area (Å²) in [5.41, 5.74) is 2.13. The third-order valence-electron chi connectivity index (χ3n) is 1.71. The van der Waals surface area contributed by atoms with Gasteiger partial charge in [-0.1, -0.05) is 0 Å². The highest BCUT2D eigenvalue weighted by atomic mass is 16.4. The number of rotatable bonds is 2. The molecule has 0 aromatic carbocycles. The highest BCUT2D eigenvalue weighted by Crippen LogP contribution is 2.09. The Morgan fingerprint density at radius 3 is 3.14 bits per heavy atom. The first-order valence-corrected chi connectivity index (χ1v) is 3.96. The van der Waals surface area contributed by atoms with Crippen molar-refractivity contribution in [1.82, 2.24) is 15.0 Å². The minimum Gasteiger partial charge on any atom is -0.478 e. The fourth-order valence-electron chi connectivity index (χ4n) is 1.10. The quantitative estimate of drug-likeness (QED) is 0.692. The van der Waals surface area contributed by atoms with Gasteiger partial charge in [-0.05, 0) is 17.7 Å². The summed E-state index contributed by atoms with van der Waals surface area (Å²) in [6.07, 6.45) is 5.67. The molecular weight excluding hydrogens is 182 g/mol. The van der Waals surface area contributed by atoms with Gasteiger partial charge in [-0.2, -0.15) is 0 Å². The number of hydrogen-bond acceptors (Lipinski definition) is 3. The number of fused-ring (bicyclic) bond motifs is 1. The van der Waals surface area contributed by atoms with Crippen molar-refractivity contribution in [2.45, 2.75) is 0 Å². The number of nitrogens with zero attached hydrogens (tertiary/aromatic N) is 2. The molecule has 0 aliphatic carbocycles. The molecule has 2 rings (SSSR count). The second-order valence-corrected chi connectivity index (χ2v) is 2.71. The minimum absolute atomic E-state index is 0.692. The molecule has 0 unspecified atom stereocenters. The molecule has 0 atom stereocenters. The zero-order valence-electron chi connectivity index (χ0n) is 7.14. The lowest BCUT2D eigenvalue weighted by Crippen LogP contribution is -1.86. The maximum atomic E-state index is 10.3. The first-order valence-electron chi connectivity index (χ1n) is 3.96. The number of pyridine rings is 1. The molecule has 2 N–H and O–H groups in total.